The molecule has 3 heteroatoms. The Bertz CT molecular complexity index is 136. The summed E-state index contributed by atoms with van der Waals surface area (Å²) >= 11 is 0. The molecule has 1 N–H and O–H groups in total. The Labute approximate surface area is 101 Å². The summed E-state index contributed by atoms with van der Waals surface area (Å²) in [6, 6.07) is 0. The molecule has 0 aliphatic heterocycles. The summed E-state index contributed by atoms with van der Waals surface area (Å²) in [5, 5.41) is 3.34. The summed E-state index contributed by atoms with van der Waals surface area (Å²) < 4.78 is 10.2. The third-order valence-electron chi connectivity index (χ3n) is 2.72. The topological polar surface area (TPSA) is 30.5 Å². The highest BCUT2D eigenvalue weighted by Crippen LogP contribution is 2.08. The van der Waals surface area contributed by atoms with Crippen molar-refractivity contribution in [3.8, 4) is 0 Å². The Morgan fingerprint density at radius 1 is 0.938 bits per heavy atom. The molecule has 0 saturated carbocycles. The lowest BCUT2D eigenvalue weighted by Gasteiger charge is -2.13. The molecule has 98 valence electrons. The number of hydrogen-bond donors (Lipinski definition) is 1. The first-order valence-corrected chi connectivity index (χ1v) is 6.47. The van der Waals surface area contributed by atoms with Crippen LogP contribution in [0.2, 0.25) is 0 Å². The van der Waals surface area contributed by atoms with Gasteiger partial charge in [0.25, 0.3) is 0 Å². The molecule has 0 heterocycles. The molecule has 0 unspecified atom stereocenters. The zero-order valence-corrected chi connectivity index (χ0v) is 11.4. The number of unbranched alkanes of at least 4 members (excludes halogenated alkanes) is 3. The van der Waals surface area contributed by atoms with Crippen molar-refractivity contribution in [1.82, 2.24) is 5.32 Å². The maximum absolute atomic E-state index is 5.09. The Hall–Kier alpha value is -0.120. The average molecular weight is 231 g/mol. The first-order chi connectivity index (χ1) is 7.70. The third-order valence-corrected chi connectivity index (χ3v) is 2.72. The Balaban J connectivity index is 3.09. The van der Waals surface area contributed by atoms with Crippen LogP contribution in [0, 0.1) is 5.92 Å². The van der Waals surface area contributed by atoms with Gasteiger partial charge >= 0.3 is 0 Å². The lowest BCUT2D eigenvalue weighted by atomic mass is 10.0. The smallest absolute Gasteiger partial charge is 0.169 e. The number of rotatable bonds is 11. The fraction of sp³-hybridized carbons (Fsp3) is 1.00. The molecular formula is C13H29NO2. The van der Waals surface area contributed by atoms with Crippen LogP contribution in [0.1, 0.15) is 46.0 Å². The van der Waals surface area contributed by atoms with E-state index < -0.39 is 0 Å². The van der Waals surface area contributed by atoms with Gasteiger partial charge in [0.2, 0.25) is 0 Å². The van der Waals surface area contributed by atoms with Gasteiger partial charge in [-0.05, 0) is 18.9 Å². The molecule has 0 saturated heterocycles. The van der Waals surface area contributed by atoms with Crippen LogP contribution in [0.15, 0.2) is 0 Å². The summed E-state index contributed by atoms with van der Waals surface area (Å²) in [6.45, 7) is 6.41. The number of nitrogens with one attached hydrogen (secondary N) is 1. The van der Waals surface area contributed by atoms with Crippen LogP contribution >= 0.6 is 0 Å². The maximum Gasteiger partial charge on any atom is 0.169 e. The second kappa shape index (κ2) is 11.4. The first kappa shape index (κ1) is 15.9. The van der Waals surface area contributed by atoms with Crippen molar-refractivity contribution >= 4 is 0 Å². The molecule has 0 bridgehead atoms. The summed E-state index contributed by atoms with van der Waals surface area (Å²) in [5.41, 5.74) is 0. The molecule has 16 heavy (non-hydrogen) atoms. The fourth-order valence-corrected chi connectivity index (χ4v) is 1.64. The van der Waals surface area contributed by atoms with Crippen LogP contribution in [0.25, 0.3) is 0 Å². The van der Waals surface area contributed by atoms with Crippen molar-refractivity contribution in [1.29, 1.82) is 0 Å². The van der Waals surface area contributed by atoms with Gasteiger partial charge in [-0.25, -0.2) is 0 Å². The molecule has 0 atom stereocenters. The van der Waals surface area contributed by atoms with Crippen molar-refractivity contribution in [2.45, 2.75) is 52.2 Å². The van der Waals surface area contributed by atoms with Crippen LogP contribution in [-0.4, -0.2) is 33.6 Å². The van der Waals surface area contributed by atoms with Crippen molar-refractivity contribution in [3.05, 3.63) is 0 Å². The Kier molecular flexibility index (Phi) is 11.3. The number of ether oxygens (including phenoxy) is 2. The van der Waals surface area contributed by atoms with Gasteiger partial charge in [0.1, 0.15) is 0 Å². The summed E-state index contributed by atoms with van der Waals surface area (Å²) in [5.74, 6) is 0.849. The molecule has 0 aliphatic rings. The normalized spacial score (nSPS) is 11.6. The van der Waals surface area contributed by atoms with E-state index in [1.54, 1.807) is 14.2 Å². The van der Waals surface area contributed by atoms with E-state index in [2.05, 4.69) is 19.2 Å². The molecule has 0 amide bonds. The number of methoxy groups -OCH3 is 2. The van der Waals surface area contributed by atoms with E-state index >= 15 is 0 Å². The van der Waals surface area contributed by atoms with Crippen LogP contribution in [0.3, 0.4) is 0 Å². The molecular weight excluding hydrogens is 202 g/mol. The van der Waals surface area contributed by atoms with Gasteiger partial charge in [0.05, 0.1) is 0 Å². The zero-order chi connectivity index (χ0) is 12.2. The van der Waals surface area contributed by atoms with E-state index in [1.165, 1.54) is 32.1 Å². The van der Waals surface area contributed by atoms with Gasteiger partial charge in [0.15, 0.2) is 6.29 Å². The molecule has 0 aliphatic carbocycles. The molecule has 0 fully saturated rings. The predicted octanol–water partition coefficient (Wildman–Crippen LogP) is 2.80. The van der Waals surface area contributed by atoms with E-state index in [0.717, 1.165) is 19.0 Å². The Morgan fingerprint density at radius 2 is 1.56 bits per heavy atom. The van der Waals surface area contributed by atoms with Gasteiger partial charge in [-0.15, -0.1) is 0 Å². The molecule has 0 rings (SSSR count). The summed E-state index contributed by atoms with van der Waals surface area (Å²) in [6.07, 6.45) is 6.56. The third kappa shape index (κ3) is 10.4. The highest BCUT2D eigenvalue weighted by Gasteiger charge is 2.02. The van der Waals surface area contributed by atoms with E-state index in [0.29, 0.717) is 0 Å². The molecule has 0 aromatic heterocycles. The standard InChI is InChI=1S/C13H29NO2/c1-12(2)9-7-5-6-8-10-14-11-13(15-3)16-4/h12-14H,5-11H2,1-4H3. The average Bonchev–Trinajstić information content (AvgIpc) is 2.27. The molecule has 0 aromatic rings. The van der Waals surface area contributed by atoms with E-state index in [9.17, 15) is 0 Å². The van der Waals surface area contributed by atoms with Gasteiger partial charge in [-0.2, -0.15) is 0 Å². The van der Waals surface area contributed by atoms with Crippen molar-refractivity contribution < 1.29 is 9.47 Å². The van der Waals surface area contributed by atoms with E-state index in [-0.39, 0.29) is 6.29 Å². The molecule has 0 spiro atoms. The highest BCUT2D eigenvalue weighted by molar-refractivity contribution is 4.53. The van der Waals surface area contributed by atoms with Gasteiger partial charge in [0, 0.05) is 20.8 Å². The minimum atomic E-state index is -0.110. The lowest BCUT2D eigenvalue weighted by molar-refractivity contribution is -0.0986. The molecule has 3 nitrogen and oxygen atoms in total. The second-order valence-corrected chi connectivity index (χ2v) is 4.70. The molecule has 0 aromatic carbocycles. The van der Waals surface area contributed by atoms with Crippen molar-refractivity contribution in [3.63, 3.8) is 0 Å². The fourth-order valence-electron chi connectivity index (χ4n) is 1.64. The van der Waals surface area contributed by atoms with Crippen LogP contribution < -0.4 is 5.32 Å². The zero-order valence-electron chi connectivity index (χ0n) is 11.4. The SMILES string of the molecule is COC(CNCCCCCCC(C)C)OC. The summed E-state index contributed by atoms with van der Waals surface area (Å²) in [7, 11) is 3.34. The quantitative estimate of drug-likeness (QED) is 0.438. The minimum Gasteiger partial charge on any atom is -0.355 e. The summed E-state index contributed by atoms with van der Waals surface area (Å²) in [4.78, 5) is 0. The van der Waals surface area contributed by atoms with Crippen molar-refractivity contribution in [2.75, 3.05) is 27.3 Å². The van der Waals surface area contributed by atoms with Crippen molar-refractivity contribution in [2.24, 2.45) is 5.92 Å². The predicted molar refractivity (Wildman–Crippen MR) is 68.6 cm³/mol. The minimum absolute atomic E-state index is 0.110. The maximum atomic E-state index is 5.09. The first-order valence-electron chi connectivity index (χ1n) is 6.47. The largest absolute Gasteiger partial charge is 0.355 e. The van der Waals surface area contributed by atoms with Crippen LogP contribution in [0.4, 0.5) is 0 Å². The van der Waals surface area contributed by atoms with Crippen LogP contribution in [0.5, 0.6) is 0 Å². The monoisotopic (exact) mass is 231 g/mol. The second-order valence-electron chi connectivity index (χ2n) is 4.70. The van der Waals surface area contributed by atoms with Gasteiger partial charge in [-0.3, -0.25) is 0 Å². The molecule has 0 radical (unpaired) electrons. The van der Waals surface area contributed by atoms with E-state index in [1.807, 2.05) is 0 Å². The van der Waals surface area contributed by atoms with E-state index in [4.69, 9.17) is 9.47 Å². The van der Waals surface area contributed by atoms with Gasteiger partial charge in [-0.1, -0.05) is 39.5 Å². The van der Waals surface area contributed by atoms with Crippen LogP contribution in [-0.2, 0) is 9.47 Å². The number of hydrogen-bond acceptors (Lipinski definition) is 3. The highest BCUT2D eigenvalue weighted by atomic mass is 16.7. The lowest BCUT2D eigenvalue weighted by Crippen LogP contribution is -2.30. The van der Waals surface area contributed by atoms with Gasteiger partial charge < -0.3 is 14.8 Å². The Morgan fingerprint density at radius 3 is 2.12 bits per heavy atom.